The van der Waals surface area contributed by atoms with E-state index in [1.807, 2.05) is 0 Å². The van der Waals surface area contributed by atoms with Gasteiger partial charge in [-0.1, -0.05) is 65.7 Å². The lowest BCUT2D eigenvalue weighted by molar-refractivity contribution is -0.139. The maximum absolute atomic E-state index is 13.3. The molecule has 0 bridgehead atoms. The number of rotatable bonds is 7. The second-order valence-electron chi connectivity index (χ2n) is 8.80. The van der Waals surface area contributed by atoms with E-state index >= 15 is 0 Å². The Morgan fingerprint density at radius 1 is 1.00 bits per heavy atom. The van der Waals surface area contributed by atoms with Crippen LogP contribution in [0.3, 0.4) is 0 Å². The van der Waals surface area contributed by atoms with Crippen molar-refractivity contribution in [3.05, 3.63) is 110 Å². The number of carboxylic acids is 1. The third-order valence-corrected chi connectivity index (χ3v) is 6.74. The van der Waals surface area contributed by atoms with Crippen molar-refractivity contribution in [3.8, 4) is 22.3 Å². The number of nitrogens with zero attached hydrogens (tertiary/aromatic N) is 2. The number of amides is 1. The number of nitrogens with one attached hydrogen (secondary N) is 1. The van der Waals surface area contributed by atoms with Crippen molar-refractivity contribution in [2.75, 3.05) is 0 Å². The largest absolute Gasteiger partial charge is 0.480 e. The normalized spacial score (nSPS) is 12.2. The van der Waals surface area contributed by atoms with Crippen LogP contribution in [0.2, 0.25) is 10.0 Å². The summed E-state index contributed by atoms with van der Waals surface area (Å²) in [5.41, 5.74) is -0.0731. The van der Waals surface area contributed by atoms with E-state index in [0.29, 0.717) is 11.1 Å². The first-order valence-corrected chi connectivity index (χ1v) is 12.4. The zero-order chi connectivity index (χ0) is 29.2. The summed E-state index contributed by atoms with van der Waals surface area (Å²) in [4.78, 5) is 37.6. The molecule has 7 nitrogen and oxygen atoms in total. The number of aryl methyl sites for hydroxylation is 1. The Kier molecular flexibility index (Phi) is 8.32. The lowest BCUT2D eigenvalue weighted by Crippen LogP contribution is -2.42. The first-order valence-electron chi connectivity index (χ1n) is 11.7. The van der Waals surface area contributed by atoms with Gasteiger partial charge in [0.15, 0.2) is 0 Å². The van der Waals surface area contributed by atoms with Gasteiger partial charge in [0.1, 0.15) is 6.04 Å². The molecule has 0 saturated heterocycles. The van der Waals surface area contributed by atoms with Crippen molar-refractivity contribution in [1.82, 2.24) is 15.1 Å². The molecule has 1 amide bonds. The zero-order valence-electron chi connectivity index (χ0n) is 20.7. The Morgan fingerprint density at radius 3 is 2.23 bits per heavy atom. The van der Waals surface area contributed by atoms with Gasteiger partial charge in [0.25, 0.3) is 11.5 Å². The molecular formula is C28H20Cl2F3N3O4. The van der Waals surface area contributed by atoms with E-state index in [1.165, 1.54) is 37.5 Å². The minimum absolute atomic E-state index is 0.0527. The minimum Gasteiger partial charge on any atom is -0.480 e. The molecule has 4 rings (SSSR count). The predicted octanol–water partition coefficient (Wildman–Crippen LogP) is 5.87. The topological polar surface area (TPSA) is 101 Å². The molecule has 2 N–H and O–H groups in total. The van der Waals surface area contributed by atoms with Gasteiger partial charge in [0.2, 0.25) is 0 Å². The van der Waals surface area contributed by atoms with Gasteiger partial charge in [-0.25, -0.2) is 9.48 Å². The number of carbonyl (C=O) groups is 2. The molecule has 4 aromatic rings. The van der Waals surface area contributed by atoms with Gasteiger partial charge >= 0.3 is 12.1 Å². The summed E-state index contributed by atoms with van der Waals surface area (Å²) in [6.45, 7) is 0. The first kappa shape index (κ1) is 28.8. The summed E-state index contributed by atoms with van der Waals surface area (Å²) in [7, 11) is 1.42. The summed E-state index contributed by atoms with van der Waals surface area (Å²) >= 11 is 12.1. The molecule has 0 saturated carbocycles. The molecule has 0 unspecified atom stereocenters. The zero-order valence-corrected chi connectivity index (χ0v) is 22.2. The van der Waals surface area contributed by atoms with Gasteiger partial charge in [-0.2, -0.15) is 18.3 Å². The Bertz CT molecular complexity index is 1630. The van der Waals surface area contributed by atoms with Crippen molar-refractivity contribution >= 4 is 35.1 Å². The number of benzene rings is 3. The molecule has 3 aromatic carbocycles. The molecule has 12 heteroatoms. The molecule has 1 atom stereocenters. The number of halogens is 5. The monoisotopic (exact) mass is 589 g/mol. The Morgan fingerprint density at radius 2 is 1.62 bits per heavy atom. The first-order chi connectivity index (χ1) is 18.9. The summed E-state index contributed by atoms with van der Waals surface area (Å²) in [5, 5.41) is 16.2. The van der Waals surface area contributed by atoms with Gasteiger partial charge in [0.05, 0.1) is 32.9 Å². The molecule has 0 aliphatic heterocycles. The van der Waals surface area contributed by atoms with Crippen LogP contribution in [-0.2, 0) is 24.4 Å². The van der Waals surface area contributed by atoms with Crippen LogP contribution in [0.25, 0.3) is 22.3 Å². The summed E-state index contributed by atoms with van der Waals surface area (Å²) in [5.74, 6) is -2.05. The van der Waals surface area contributed by atoms with Crippen molar-refractivity contribution in [2.24, 2.45) is 7.05 Å². The fraction of sp³-hybridized carbons (Fsp3) is 0.143. The minimum atomic E-state index is -4.57. The van der Waals surface area contributed by atoms with Crippen molar-refractivity contribution < 1.29 is 27.9 Å². The quantitative estimate of drug-likeness (QED) is 0.281. The fourth-order valence-corrected chi connectivity index (χ4v) is 4.66. The van der Waals surface area contributed by atoms with Crippen molar-refractivity contribution in [2.45, 2.75) is 18.6 Å². The highest BCUT2D eigenvalue weighted by molar-refractivity contribution is 6.39. The molecule has 0 aliphatic rings. The Balaban J connectivity index is 1.64. The van der Waals surface area contributed by atoms with Crippen LogP contribution in [0.4, 0.5) is 13.2 Å². The highest BCUT2D eigenvalue weighted by atomic mass is 35.5. The molecule has 0 spiro atoms. The molecule has 0 fully saturated rings. The average molecular weight is 590 g/mol. The molecule has 0 radical (unpaired) electrons. The van der Waals surface area contributed by atoms with Gasteiger partial charge in [-0.3, -0.25) is 9.59 Å². The van der Waals surface area contributed by atoms with E-state index in [0.717, 1.165) is 16.8 Å². The van der Waals surface area contributed by atoms with E-state index in [1.54, 1.807) is 30.3 Å². The second kappa shape index (κ2) is 11.5. The van der Waals surface area contributed by atoms with E-state index in [2.05, 4.69) is 10.4 Å². The maximum Gasteiger partial charge on any atom is 0.416 e. The van der Waals surface area contributed by atoms with Crippen LogP contribution in [-0.4, -0.2) is 32.8 Å². The Hall–Kier alpha value is -4.15. The van der Waals surface area contributed by atoms with Crippen molar-refractivity contribution in [3.63, 3.8) is 0 Å². The molecule has 1 aromatic heterocycles. The Labute approximate surface area is 235 Å². The summed E-state index contributed by atoms with van der Waals surface area (Å²) in [6.07, 6.45) is -3.37. The van der Waals surface area contributed by atoms with Crippen LogP contribution >= 0.6 is 23.2 Å². The van der Waals surface area contributed by atoms with Crippen LogP contribution in [0.15, 0.2) is 77.7 Å². The summed E-state index contributed by atoms with van der Waals surface area (Å²) < 4.78 is 41.0. The second-order valence-corrected chi connectivity index (χ2v) is 9.62. The SMILES string of the molecule is Cn1ncc(-c2cccc(C(F)(F)F)c2)c(-c2ccc(C[C@H](NC(=O)c3c(Cl)cccc3Cl)C(=O)O)cc2)c1=O. The summed E-state index contributed by atoms with van der Waals surface area (Å²) in [6, 6.07) is 13.9. The highest BCUT2D eigenvalue weighted by Crippen LogP contribution is 2.34. The van der Waals surface area contributed by atoms with Gasteiger partial charge in [0, 0.05) is 19.0 Å². The number of alkyl halides is 3. The van der Waals surface area contributed by atoms with Gasteiger partial charge in [-0.15, -0.1) is 0 Å². The highest BCUT2D eigenvalue weighted by Gasteiger charge is 2.31. The lowest BCUT2D eigenvalue weighted by atomic mass is 9.94. The number of aliphatic carboxylic acids is 1. The van der Waals surface area contributed by atoms with Crippen molar-refractivity contribution in [1.29, 1.82) is 0 Å². The van der Waals surface area contributed by atoms with Crippen LogP contribution in [0.5, 0.6) is 0 Å². The number of aromatic nitrogens is 2. The average Bonchev–Trinajstić information content (AvgIpc) is 2.90. The van der Waals surface area contributed by atoms with E-state index in [9.17, 15) is 32.7 Å². The molecule has 206 valence electrons. The third-order valence-electron chi connectivity index (χ3n) is 6.11. The third kappa shape index (κ3) is 6.19. The number of carbonyl (C=O) groups excluding carboxylic acids is 1. The van der Waals surface area contributed by atoms with E-state index in [4.69, 9.17) is 23.2 Å². The van der Waals surface area contributed by atoms with E-state index < -0.39 is 35.2 Å². The number of hydrogen-bond donors (Lipinski definition) is 2. The lowest BCUT2D eigenvalue weighted by Gasteiger charge is -2.16. The van der Waals surface area contributed by atoms with Crippen LogP contribution < -0.4 is 10.9 Å². The molecule has 40 heavy (non-hydrogen) atoms. The standard InChI is InChI=1S/C28H20Cl2F3N3O4/c1-36-26(38)23(19(14-34-36)17-4-2-5-18(13-17)28(31,32)33)16-10-8-15(9-11-16)12-22(27(39)40)35-25(37)24-20(29)6-3-7-21(24)30/h2-11,13-14,22H,12H2,1H3,(H,35,37)(H,39,40)/t22-/m0/s1. The fourth-order valence-electron chi connectivity index (χ4n) is 4.09. The van der Waals surface area contributed by atoms with Crippen LogP contribution in [0.1, 0.15) is 21.5 Å². The van der Waals surface area contributed by atoms with Gasteiger partial charge < -0.3 is 10.4 Å². The molecular weight excluding hydrogens is 570 g/mol. The smallest absolute Gasteiger partial charge is 0.416 e. The number of carboxylic acid groups (broad SMARTS) is 1. The predicted molar refractivity (Wildman–Crippen MR) is 144 cm³/mol. The molecule has 1 heterocycles. The molecule has 0 aliphatic carbocycles. The van der Waals surface area contributed by atoms with E-state index in [-0.39, 0.29) is 38.7 Å². The van der Waals surface area contributed by atoms with Gasteiger partial charge in [-0.05, 0) is 41.0 Å². The maximum atomic E-state index is 13.3. The van der Waals surface area contributed by atoms with Crippen LogP contribution in [0, 0.1) is 0 Å². The number of hydrogen-bond acceptors (Lipinski definition) is 4.